The van der Waals surface area contributed by atoms with Crippen LogP contribution in [0.4, 0.5) is 20.2 Å². The number of hydrogen-bond donors (Lipinski definition) is 2. The number of carbonyl (C=O) groups is 1. The molecule has 0 unspecified atom stereocenters. The van der Waals surface area contributed by atoms with Gasteiger partial charge in [-0.1, -0.05) is 0 Å². The van der Waals surface area contributed by atoms with E-state index in [1.54, 1.807) is 0 Å². The quantitative estimate of drug-likeness (QED) is 0.777. The Morgan fingerprint density at radius 3 is 2.40 bits per heavy atom. The number of sulfone groups is 1. The van der Waals surface area contributed by atoms with Gasteiger partial charge in [0.1, 0.15) is 5.84 Å². The Morgan fingerprint density at radius 1 is 1.30 bits per heavy atom. The van der Waals surface area contributed by atoms with E-state index in [0.717, 1.165) is 23.2 Å². The molecule has 1 amide bonds. The van der Waals surface area contributed by atoms with E-state index in [1.165, 1.54) is 0 Å². The molecule has 2 rings (SSSR count). The molecule has 0 aromatic heterocycles. The molecule has 0 spiro atoms. The molecule has 0 fully saturated rings. The van der Waals surface area contributed by atoms with Crippen LogP contribution >= 0.6 is 0 Å². The Labute approximate surface area is 112 Å². The van der Waals surface area contributed by atoms with Crippen LogP contribution in [0.15, 0.2) is 28.2 Å². The Balaban J connectivity index is 2.44. The fourth-order valence-corrected chi connectivity index (χ4v) is 2.40. The number of carbonyl (C=O) groups excluding carboxylic acids is 1. The van der Waals surface area contributed by atoms with Gasteiger partial charge in [-0.3, -0.25) is 4.79 Å². The molecule has 0 saturated carbocycles. The van der Waals surface area contributed by atoms with Crippen LogP contribution in [0.5, 0.6) is 0 Å². The first-order valence-electron chi connectivity index (χ1n) is 5.31. The molecule has 4 N–H and O–H groups in total. The third kappa shape index (κ3) is 2.29. The predicted molar refractivity (Wildman–Crippen MR) is 67.8 cm³/mol. The molecule has 0 saturated heterocycles. The van der Waals surface area contributed by atoms with Crippen molar-refractivity contribution in [1.29, 1.82) is 0 Å². The lowest BCUT2D eigenvalue weighted by atomic mass is 10.2. The van der Waals surface area contributed by atoms with E-state index in [4.69, 9.17) is 11.5 Å². The van der Waals surface area contributed by atoms with Gasteiger partial charge >= 0.3 is 5.76 Å². The van der Waals surface area contributed by atoms with Crippen LogP contribution in [0.1, 0.15) is 6.42 Å². The highest BCUT2D eigenvalue weighted by molar-refractivity contribution is 7.91. The SMILES string of the molecule is NC1=NN(c2ccc(S(=O)(=O)C(F)F)cc2N)C(=O)C1. The number of nitrogen functional groups attached to an aromatic ring is 1. The zero-order chi connectivity index (χ0) is 15.1. The van der Waals surface area contributed by atoms with Crippen molar-refractivity contribution in [3.8, 4) is 0 Å². The maximum absolute atomic E-state index is 12.4. The van der Waals surface area contributed by atoms with Gasteiger partial charge < -0.3 is 11.5 Å². The Hall–Kier alpha value is -2.23. The monoisotopic (exact) mass is 304 g/mol. The van der Waals surface area contributed by atoms with Crippen molar-refractivity contribution in [2.45, 2.75) is 17.1 Å². The van der Waals surface area contributed by atoms with Crippen molar-refractivity contribution in [2.24, 2.45) is 10.8 Å². The number of halogens is 2. The minimum Gasteiger partial charge on any atom is -0.397 e. The van der Waals surface area contributed by atoms with Crippen LogP contribution in [0.25, 0.3) is 0 Å². The molecule has 1 aromatic carbocycles. The molecular weight excluding hydrogens is 294 g/mol. The second-order valence-corrected chi connectivity index (χ2v) is 5.92. The Bertz CT molecular complexity index is 702. The lowest BCUT2D eigenvalue weighted by molar-refractivity contribution is -0.116. The maximum Gasteiger partial charge on any atom is 0.341 e. The summed E-state index contributed by atoms with van der Waals surface area (Å²) in [7, 11) is -4.74. The highest BCUT2D eigenvalue weighted by Gasteiger charge is 2.29. The number of anilines is 2. The van der Waals surface area contributed by atoms with E-state index in [0.29, 0.717) is 0 Å². The molecule has 10 heteroatoms. The molecule has 20 heavy (non-hydrogen) atoms. The van der Waals surface area contributed by atoms with E-state index in [2.05, 4.69) is 5.10 Å². The summed E-state index contributed by atoms with van der Waals surface area (Å²) in [5.74, 6) is -3.91. The van der Waals surface area contributed by atoms with Gasteiger partial charge in [-0.2, -0.15) is 18.9 Å². The minimum atomic E-state index is -4.74. The van der Waals surface area contributed by atoms with Gasteiger partial charge in [0.15, 0.2) is 0 Å². The number of nitrogens with zero attached hydrogens (tertiary/aromatic N) is 2. The topological polar surface area (TPSA) is 119 Å². The first kappa shape index (κ1) is 14.2. The number of alkyl halides is 2. The number of rotatable bonds is 3. The summed E-state index contributed by atoms with van der Waals surface area (Å²) < 4.78 is 47.4. The first-order chi connectivity index (χ1) is 9.23. The van der Waals surface area contributed by atoms with Crippen molar-refractivity contribution < 1.29 is 22.0 Å². The smallest absolute Gasteiger partial charge is 0.341 e. The molecule has 0 bridgehead atoms. The summed E-state index contributed by atoms with van der Waals surface area (Å²) in [5.41, 5.74) is 10.9. The number of hydrogen-bond acceptors (Lipinski definition) is 6. The van der Waals surface area contributed by atoms with E-state index in [9.17, 15) is 22.0 Å². The van der Waals surface area contributed by atoms with Gasteiger partial charge in [-0.25, -0.2) is 8.42 Å². The van der Waals surface area contributed by atoms with E-state index < -0.39 is 26.4 Å². The van der Waals surface area contributed by atoms with Crippen molar-refractivity contribution >= 4 is 33.0 Å². The van der Waals surface area contributed by atoms with Crippen LogP contribution in [0.3, 0.4) is 0 Å². The highest BCUT2D eigenvalue weighted by atomic mass is 32.2. The summed E-state index contributed by atoms with van der Waals surface area (Å²) in [6.07, 6.45) is -0.0868. The lowest BCUT2D eigenvalue weighted by Gasteiger charge is -2.15. The predicted octanol–water partition coefficient (Wildman–Crippen LogP) is 0.274. The lowest BCUT2D eigenvalue weighted by Crippen LogP contribution is -2.21. The standard InChI is InChI=1S/C10H10F2N4O3S/c11-10(12)20(18,19)5-1-2-7(6(13)3-5)16-9(17)4-8(14)15-16/h1-3,10H,4,13H2,(H2,14,15). The third-order valence-electron chi connectivity index (χ3n) is 2.59. The fourth-order valence-electron chi connectivity index (χ4n) is 1.64. The molecule has 108 valence electrons. The second-order valence-electron chi connectivity index (χ2n) is 4.00. The highest BCUT2D eigenvalue weighted by Crippen LogP contribution is 2.30. The van der Waals surface area contributed by atoms with Crippen LogP contribution in [0.2, 0.25) is 0 Å². The Morgan fingerprint density at radius 2 is 1.95 bits per heavy atom. The van der Waals surface area contributed by atoms with Gasteiger partial charge in [-0.05, 0) is 18.2 Å². The average molecular weight is 304 g/mol. The molecule has 0 aliphatic carbocycles. The minimum absolute atomic E-state index is 0.0821. The maximum atomic E-state index is 12.4. The summed E-state index contributed by atoms with van der Waals surface area (Å²) in [5, 5.41) is 4.63. The molecule has 1 aliphatic rings. The summed E-state index contributed by atoms with van der Waals surface area (Å²) in [6.45, 7) is 0. The third-order valence-corrected chi connectivity index (χ3v) is 3.97. The fraction of sp³-hybridized carbons (Fsp3) is 0.200. The van der Waals surface area contributed by atoms with Crippen LogP contribution in [0, 0.1) is 0 Å². The van der Waals surface area contributed by atoms with Crippen molar-refractivity contribution in [3.05, 3.63) is 18.2 Å². The number of hydrazone groups is 1. The zero-order valence-corrected chi connectivity index (χ0v) is 10.8. The van der Waals surface area contributed by atoms with Crippen LogP contribution in [-0.4, -0.2) is 25.9 Å². The number of benzene rings is 1. The van der Waals surface area contributed by atoms with Crippen LogP contribution < -0.4 is 16.5 Å². The van der Waals surface area contributed by atoms with E-state index in [-0.39, 0.29) is 23.6 Å². The van der Waals surface area contributed by atoms with Crippen molar-refractivity contribution in [2.75, 3.05) is 10.7 Å². The summed E-state index contributed by atoms with van der Waals surface area (Å²) in [6, 6.07) is 2.92. The summed E-state index contributed by atoms with van der Waals surface area (Å²) in [4.78, 5) is 10.9. The number of nitrogens with two attached hydrogens (primary N) is 2. The van der Waals surface area contributed by atoms with E-state index >= 15 is 0 Å². The van der Waals surface area contributed by atoms with Crippen molar-refractivity contribution in [1.82, 2.24) is 0 Å². The molecule has 1 heterocycles. The first-order valence-corrected chi connectivity index (χ1v) is 6.85. The zero-order valence-electron chi connectivity index (χ0n) is 9.95. The molecule has 1 aliphatic heterocycles. The Kier molecular flexibility index (Phi) is 3.34. The largest absolute Gasteiger partial charge is 0.397 e. The average Bonchev–Trinajstić information content (AvgIpc) is 2.68. The van der Waals surface area contributed by atoms with Crippen molar-refractivity contribution in [3.63, 3.8) is 0 Å². The van der Waals surface area contributed by atoms with Gasteiger partial charge in [0, 0.05) is 0 Å². The van der Waals surface area contributed by atoms with E-state index in [1.807, 2.05) is 0 Å². The molecule has 0 atom stereocenters. The second kappa shape index (κ2) is 4.71. The number of amidine groups is 1. The molecule has 0 radical (unpaired) electrons. The molecule has 1 aromatic rings. The summed E-state index contributed by atoms with van der Waals surface area (Å²) >= 11 is 0. The van der Waals surface area contributed by atoms with Gasteiger partial charge in [-0.15, -0.1) is 0 Å². The normalized spacial score (nSPS) is 15.8. The van der Waals surface area contributed by atoms with Crippen LogP contribution in [-0.2, 0) is 14.6 Å². The number of amides is 1. The molecule has 7 nitrogen and oxygen atoms in total. The molecular formula is C10H10F2N4O3S. The van der Waals surface area contributed by atoms with Gasteiger partial charge in [0.2, 0.25) is 9.84 Å². The van der Waals surface area contributed by atoms with Gasteiger partial charge in [0.05, 0.1) is 22.7 Å². The van der Waals surface area contributed by atoms with Gasteiger partial charge in [0.25, 0.3) is 5.91 Å².